The minimum atomic E-state index is 0.188. The van der Waals surface area contributed by atoms with Crippen molar-refractivity contribution in [3.63, 3.8) is 0 Å². The van der Waals surface area contributed by atoms with Gasteiger partial charge in [0, 0.05) is 25.8 Å². The van der Waals surface area contributed by atoms with Gasteiger partial charge in [0.05, 0.1) is 21.8 Å². The molecule has 1 aliphatic rings. The van der Waals surface area contributed by atoms with Crippen molar-refractivity contribution in [2.45, 2.75) is 6.04 Å². The zero-order chi connectivity index (χ0) is 9.97. The number of hydrogen-bond donors (Lipinski definition) is 2. The molecule has 76 valence electrons. The third kappa shape index (κ3) is 2.17. The van der Waals surface area contributed by atoms with Crippen molar-refractivity contribution < 1.29 is 0 Å². The van der Waals surface area contributed by atoms with Crippen molar-refractivity contribution >= 4 is 23.2 Å². The average Bonchev–Trinajstić information content (AvgIpc) is 2.19. The summed E-state index contributed by atoms with van der Waals surface area (Å²) in [5, 5.41) is 7.82. The molecule has 3 nitrogen and oxygen atoms in total. The topological polar surface area (TPSA) is 37.0 Å². The first-order valence-corrected chi connectivity index (χ1v) is 5.28. The third-order valence-corrected chi connectivity index (χ3v) is 2.72. The second-order valence-corrected chi connectivity index (χ2v) is 4.08. The minimum absolute atomic E-state index is 0.188. The highest BCUT2D eigenvalue weighted by Crippen LogP contribution is 2.23. The molecule has 0 saturated carbocycles. The van der Waals surface area contributed by atoms with E-state index in [-0.39, 0.29) is 6.04 Å². The number of pyridine rings is 1. The van der Waals surface area contributed by atoms with Gasteiger partial charge in [-0.05, 0) is 6.07 Å². The molecule has 2 rings (SSSR count). The van der Waals surface area contributed by atoms with Gasteiger partial charge < -0.3 is 10.6 Å². The first-order valence-electron chi connectivity index (χ1n) is 4.52. The largest absolute Gasteiger partial charge is 0.314 e. The first kappa shape index (κ1) is 10.2. The molecule has 14 heavy (non-hydrogen) atoms. The molecule has 1 saturated heterocycles. The van der Waals surface area contributed by atoms with Crippen LogP contribution in [0.1, 0.15) is 11.7 Å². The first-order chi connectivity index (χ1) is 6.77. The molecule has 1 fully saturated rings. The van der Waals surface area contributed by atoms with Crippen molar-refractivity contribution in [2.24, 2.45) is 0 Å². The van der Waals surface area contributed by atoms with E-state index in [0.717, 1.165) is 25.3 Å². The second kappa shape index (κ2) is 4.45. The Hall–Kier alpha value is -0.350. The van der Waals surface area contributed by atoms with E-state index in [9.17, 15) is 0 Å². The van der Waals surface area contributed by atoms with Gasteiger partial charge in [-0.15, -0.1) is 0 Å². The van der Waals surface area contributed by atoms with E-state index in [2.05, 4.69) is 15.6 Å². The molecule has 2 N–H and O–H groups in total. The maximum Gasteiger partial charge on any atom is 0.0773 e. The molecule has 1 aromatic heterocycles. The quantitative estimate of drug-likeness (QED) is 0.772. The molecule has 5 heteroatoms. The van der Waals surface area contributed by atoms with E-state index in [1.165, 1.54) is 0 Å². The molecule has 0 aromatic carbocycles. The summed E-state index contributed by atoms with van der Waals surface area (Å²) in [6, 6.07) is 1.91. The zero-order valence-electron chi connectivity index (χ0n) is 7.56. The average molecular weight is 232 g/mol. The smallest absolute Gasteiger partial charge is 0.0773 e. The van der Waals surface area contributed by atoms with Gasteiger partial charge in [-0.3, -0.25) is 4.98 Å². The van der Waals surface area contributed by atoms with Gasteiger partial charge in [-0.1, -0.05) is 23.2 Å². The van der Waals surface area contributed by atoms with Crippen LogP contribution in [0, 0.1) is 0 Å². The van der Waals surface area contributed by atoms with Crippen molar-refractivity contribution in [2.75, 3.05) is 19.6 Å². The van der Waals surface area contributed by atoms with Gasteiger partial charge >= 0.3 is 0 Å². The van der Waals surface area contributed by atoms with E-state index in [0.29, 0.717) is 10.0 Å². The van der Waals surface area contributed by atoms with Gasteiger partial charge in [-0.25, -0.2) is 0 Å². The highest BCUT2D eigenvalue weighted by molar-refractivity contribution is 6.34. The highest BCUT2D eigenvalue weighted by atomic mass is 35.5. The lowest BCUT2D eigenvalue weighted by atomic mass is 10.1. The number of piperazine rings is 1. The Morgan fingerprint density at radius 2 is 2.21 bits per heavy atom. The van der Waals surface area contributed by atoms with E-state index in [4.69, 9.17) is 23.2 Å². The fraction of sp³-hybridized carbons (Fsp3) is 0.444. The minimum Gasteiger partial charge on any atom is -0.314 e. The molecule has 1 aliphatic heterocycles. The van der Waals surface area contributed by atoms with Gasteiger partial charge in [-0.2, -0.15) is 0 Å². The van der Waals surface area contributed by atoms with Crippen LogP contribution in [0.3, 0.4) is 0 Å². The van der Waals surface area contributed by atoms with E-state index in [1.807, 2.05) is 0 Å². The summed E-state index contributed by atoms with van der Waals surface area (Å²) in [6.07, 6.45) is 1.62. The van der Waals surface area contributed by atoms with Crippen molar-refractivity contribution in [1.29, 1.82) is 0 Å². The lowest BCUT2D eigenvalue weighted by molar-refractivity contribution is 0.423. The number of rotatable bonds is 1. The van der Waals surface area contributed by atoms with Gasteiger partial charge in [0.2, 0.25) is 0 Å². The molecule has 0 amide bonds. The van der Waals surface area contributed by atoms with Crippen LogP contribution in [0.2, 0.25) is 10.0 Å². The summed E-state index contributed by atoms with van der Waals surface area (Å²) < 4.78 is 0. The number of halogens is 2. The monoisotopic (exact) mass is 231 g/mol. The zero-order valence-corrected chi connectivity index (χ0v) is 9.07. The summed E-state index contributed by atoms with van der Waals surface area (Å²) in [6.45, 7) is 2.78. The molecule has 1 aromatic rings. The molecule has 0 spiro atoms. The van der Waals surface area contributed by atoms with E-state index in [1.54, 1.807) is 12.3 Å². The highest BCUT2D eigenvalue weighted by Gasteiger charge is 2.18. The van der Waals surface area contributed by atoms with E-state index >= 15 is 0 Å². The fourth-order valence-corrected chi connectivity index (χ4v) is 2.04. The Kier molecular flexibility index (Phi) is 3.23. The predicted octanol–water partition coefficient (Wildman–Crippen LogP) is 1.62. The summed E-state index contributed by atoms with van der Waals surface area (Å²) in [5.41, 5.74) is 0.864. The SMILES string of the molecule is Clc1cnc(C2CNCCN2)c(Cl)c1. The van der Waals surface area contributed by atoms with Crippen LogP contribution in [0.25, 0.3) is 0 Å². The van der Waals surface area contributed by atoms with Crippen LogP contribution in [0.15, 0.2) is 12.3 Å². The molecule has 1 unspecified atom stereocenters. The van der Waals surface area contributed by atoms with Gasteiger partial charge in [0.15, 0.2) is 0 Å². The lowest BCUT2D eigenvalue weighted by Gasteiger charge is -2.24. The molecular formula is C9H11Cl2N3. The van der Waals surface area contributed by atoms with Crippen LogP contribution in [-0.4, -0.2) is 24.6 Å². The molecule has 2 heterocycles. The van der Waals surface area contributed by atoms with Gasteiger partial charge in [0.25, 0.3) is 0 Å². The molecule has 0 radical (unpaired) electrons. The van der Waals surface area contributed by atoms with Crippen LogP contribution < -0.4 is 10.6 Å². The molecule has 1 atom stereocenters. The standard InChI is InChI=1S/C9H11Cl2N3/c10-6-3-7(11)9(14-4-6)8-5-12-1-2-13-8/h3-4,8,12-13H,1-2,5H2. The van der Waals surface area contributed by atoms with E-state index < -0.39 is 0 Å². The summed E-state index contributed by atoms with van der Waals surface area (Å²) in [5.74, 6) is 0. The second-order valence-electron chi connectivity index (χ2n) is 3.23. The van der Waals surface area contributed by atoms with Crippen LogP contribution in [0.5, 0.6) is 0 Å². The third-order valence-electron chi connectivity index (χ3n) is 2.21. The Bertz CT molecular complexity index is 324. The van der Waals surface area contributed by atoms with Crippen LogP contribution in [0.4, 0.5) is 0 Å². The number of aromatic nitrogens is 1. The van der Waals surface area contributed by atoms with Crippen molar-refractivity contribution in [1.82, 2.24) is 15.6 Å². The number of hydrogen-bond acceptors (Lipinski definition) is 3. The molecular weight excluding hydrogens is 221 g/mol. The van der Waals surface area contributed by atoms with Gasteiger partial charge in [0.1, 0.15) is 0 Å². The number of nitrogens with zero attached hydrogens (tertiary/aromatic N) is 1. The van der Waals surface area contributed by atoms with Crippen LogP contribution in [-0.2, 0) is 0 Å². The van der Waals surface area contributed by atoms with Crippen molar-refractivity contribution in [3.8, 4) is 0 Å². The van der Waals surface area contributed by atoms with Crippen LogP contribution >= 0.6 is 23.2 Å². The maximum atomic E-state index is 6.05. The maximum absolute atomic E-state index is 6.05. The molecule has 0 aliphatic carbocycles. The Labute approximate surface area is 92.8 Å². The normalized spacial score (nSPS) is 22.3. The fourth-order valence-electron chi connectivity index (χ4n) is 1.53. The summed E-state index contributed by atoms with van der Waals surface area (Å²) in [4.78, 5) is 4.24. The summed E-state index contributed by atoms with van der Waals surface area (Å²) >= 11 is 11.8. The summed E-state index contributed by atoms with van der Waals surface area (Å²) in [7, 11) is 0. The number of nitrogens with one attached hydrogen (secondary N) is 2. The van der Waals surface area contributed by atoms with Crippen molar-refractivity contribution in [3.05, 3.63) is 28.0 Å². The Morgan fingerprint density at radius 1 is 1.36 bits per heavy atom. The lowest BCUT2D eigenvalue weighted by Crippen LogP contribution is -2.43. The Balaban J connectivity index is 2.22. The Morgan fingerprint density at radius 3 is 2.86 bits per heavy atom. The predicted molar refractivity (Wildman–Crippen MR) is 57.9 cm³/mol. The molecule has 0 bridgehead atoms.